The van der Waals surface area contributed by atoms with E-state index in [1.54, 1.807) is 0 Å². The van der Waals surface area contributed by atoms with Crippen molar-refractivity contribution >= 4 is 5.97 Å². The summed E-state index contributed by atoms with van der Waals surface area (Å²) >= 11 is 0. The van der Waals surface area contributed by atoms with E-state index in [1.807, 2.05) is 0 Å². The van der Waals surface area contributed by atoms with E-state index in [1.165, 1.54) is 7.11 Å². The molecule has 0 aromatic rings. The molecule has 0 rings (SSSR count). The average molecular weight is 130 g/mol. The minimum absolute atomic E-state index is 0.396. The van der Waals surface area contributed by atoms with Crippen LogP contribution in [0.15, 0.2) is 12.0 Å². The molecule has 0 saturated carbocycles. The largest absolute Gasteiger partial charge is 0.617 e. The molecule has 4 nitrogen and oxygen atoms in total. The van der Waals surface area contributed by atoms with Crippen molar-refractivity contribution in [3.05, 3.63) is 12.0 Å². The second kappa shape index (κ2) is 3.77. The van der Waals surface area contributed by atoms with Crippen LogP contribution in [0.4, 0.5) is 0 Å². The molecule has 0 aliphatic heterocycles. The molecule has 0 spiro atoms. The van der Waals surface area contributed by atoms with Gasteiger partial charge in [0.1, 0.15) is 0 Å². The quantitative estimate of drug-likeness (QED) is 0.413. The lowest BCUT2D eigenvalue weighted by Gasteiger charge is -2.07. The molecular weight excluding hydrogens is 124 g/mol. The Morgan fingerprint density at radius 1 is 1.67 bits per heavy atom. The van der Waals surface area contributed by atoms with Gasteiger partial charge in [-0.25, -0.2) is 0 Å². The van der Waals surface area contributed by atoms with Crippen molar-refractivity contribution in [1.82, 2.24) is 0 Å². The van der Waals surface area contributed by atoms with Gasteiger partial charge in [0, 0.05) is 18.3 Å². The summed E-state index contributed by atoms with van der Waals surface area (Å²) in [5.41, 5.74) is 0. The lowest BCUT2D eigenvalue weighted by Crippen LogP contribution is -2.21. The summed E-state index contributed by atoms with van der Waals surface area (Å²) in [5.74, 6) is -1.94. The number of rotatable bonds is 3. The molecule has 4 heteroatoms. The van der Waals surface area contributed by atoms with Crippen LogP contribution in [0.3, 0.4) is 0 Å². The van der Waals surface area contributed by atoms with Gasteiger partial charge in [0.05, 0.1) is 0 Å². The zero-order valence-electron chi connectivity index (χ0n) is 4.92. The Hall–Kier alpha value is -1.19. The van der Waals surface area contributed by atoms with Gasteiger partial charge in [0.2, 0.25) is 0 Å². The summed E-state index contributed by atoms with van der Waals surface area (Å²) in [7, 11) is 1.17. The first-order chi connectivity index (χ1) is 4.16. The maximum Gasteiger partial charge on any atom is 0.0472 e. The van der Waals surface area contributed by atoms with Gasteiger partial charge < -0.3 is 19.7 Å². The van der Waals surface area contributed by atoms with Crippen LogP contribution in [0, 0.1) is 0 Å². The highest BCUT2D eigenvalue weighted by atomic mass is 16.6. The molecule has 0 amide bonds. The molecule has 0 radical (unpaired) electrons. The molecule has 0 aliphatic rings. The molecule has 0 aliphatic carbocycles. The molecule has 9 heavy (non-hydrogen) atoms. The molecule has 0 saturated heterocycles. The normalized spacial score (nSPS) is 11.0. The van der Waals surface area contributed by atoms with E-state index >= 15 is 0 Å². The molecule has 0 fully saturated rings. The summed E-state index contributed by atoms with van der Waals surface area (Å²) in [5, 5.41) is 19.8. The van der Waals surface area contributed by atoms with Crippen molar-refractivity contribution in [2.45, 2.75) is 6.42 Å². The van der Waals surface area contributed by atoms with Crippen LogP contribution >= 0.6 is 0 Å². The van der Waals surface area contributed by atoms with Crippen molar-refractivity contribution in [2.75, 3.05) is 7.11 Å². The lowest BCUT2D eigenvalue weighted by atomic mass is 10.4. The molecule has 0 N–H and O–H groups in total. The Morgan fingerprint density at radius 3 is 2.56 bits per heavy atom. The molecule has 0 heterocycles. The second-order valence-electron chi connectivity index (χ2n) is 1.30. The van der Waals surface area contributed by atoms with Crippen LogP contribution in [-0.2, 0) is 9.53 Å². The molecule has 52 valence electrons. The Morgan fingerprint density at radius 2 is 2.22 bits per heavy atom. The minimum Gasteiger partial charge on any atom is -0.617 e. The van der Waals surface area contributed by atoms with Gasteiger partial charge in [0.15, 0.2) is 0 Å². The van der Waals surface area contributed by atoms with Gasteiger partial charge >= 0.3 is 0 Å². The van der Waals surface area contributed by atoms with Crippen LogP contribution in [0.2, 0.25) is 0 Å². The molecule has 0 aromatic heterocycles. The van der Waals surface area contributed by atoms with Gasteiger partial charge in [-0.3, -0.25) is 0 Å². The fraction of sp³-hybridized carbons (Fsp3) is 0.400. The summed E-state index contributed by atoms with van der Waals surface area (Å²) in [6.45, 7) is 0. The van der Waals surface area contributed by atoms with E-state index in [0.717, 1.165) is 6.08 Å². The summed E-state index contributed by atoms with van der Waals surface area (Å²) in [6, 6.07) is 0. The highest BCUT2D eigenvalue weighted by Gasteiger charge is 1.78. The van der Waals surface area contributed by atoms with Crippen molar-refractivity contribution in [3.63, 3.8) is 0 Å². The highest BCUT2D eigenvalue weighted by molar-refractivity contribution is 5.66. The van der Waals surface area contributed by atoms with E-state index in [2.05, 4.69) is 4.74 Å². The average Bonchev–Trinajstić information content (AvgIpc) is 1.83. The smallest absolute Gasteiger partial charge is 0.0472 e. The first-order valence-corrected chi connectivity index (χ1v) is 2.28. The van der Waals surface area contributed by atoms with Crippen LogP contribution in [0.25, 0.3) is 0 Å². The van der Waals surface area contributed by atoms with Gasteiger partial charge in [-0.1, -0.05) is 6.08 Å². The summed E-state index contributed by atoms with van der Waals surface area (Å²) in [6.07, 6.45) is 0.502. The molecular formula is C5H6O4-2. The second-order valence-corrected chi connectivity index (χ2v) is 1.30. The molecule has 0 atom stereocenters. The van der Waals surface area contributed by atoms with E-state index in [4.69, 9.17) is 0 Å². The number of hydrogen-bond donors (Lipinski definition) is 0. The first kappa shape index (κ1) is 7.81. The Balaban J connectivity index is 3.56. The maximum atomic E-state index is 10.1. The van der Waals surface area contributed by atoms with Crippen molar-refractivity contribution in [1.29, 1.82) is 0 Å². The Kier molecular flexibility index (Phi) is 3.27. The standard InChI is InChI=1S/C5H8O4/c1-9-5(8)3-2-4(6)7/h3,8H,2H2,1H3,(H,6,7)/p-2/b5-3+. The van der Waals surface area contributed by atoms with Crippen LogP contribution < -0.4 is 10.2 Å². The monoisotopic (exact) mass is 130 g/mol. The minimum atomic E-state index is -1.29. The molecule has 0 aromatic carbocycles. The van der Waals surface area contributed by atoms with Crippen molar-refractivity contribution < 1.29 is 19.7 Å². The number of carbonyl (C=O) groups excluding carboxylic acids is 1. The van der Waals surface area contributed by atoms with Crippen molar-refractivity contribution in [3.8, 4) is 0 Å². The third-order valence-electron chi connectivity index (χ3n) is 0.637. The van der Waals surface area contributed by atoms with Gasteiger partial charge in [-0.2, -0.15) is 0 Å². The van der Waals surface area contributed by atoms with Crippen molar-refractivity contribution in [2.24, 2.45) is 0 Å². The summed E-state index contributed by atoms with van der Waals surface area (Å²) < 4.78 is 4.12. The SMILES string of the molecule is CO/C([O-])=C/CC(=O)[O-]. The molecule has 0 bridgehead atoms. The topological polar surface area (TPSA) is 72.4 Å². The Bertz CT molecular complexity index is 127. The fourth-order valence-electron chi connectivity index (χ4n) is 0.250. The summed E-state index contributed by atoms with van der Waals surface area (Å²) in [4.78, 5) is 9.67. The third kappa shape index (κ3) is 4.67. The zero-order valence-corrected chi connectivity index (χ0v) is 4.92. The number of ether oxygens (including phenoxy) is 1. The predicted octanol–water partition coefficient (Wildman–Crippen LogP) is -2.03. The van der Waals surface area contributed by atoms with E-state index in [9.17, 15) is 15.0 Å². The number of methoxy groups -OCH3 is 1. The lowest BCUT2D eigenvalue weighted by molar-refractivity contribution is -0.354. The van der Waals surface area contributed by atoms with Gasteiger partial charge in [-0.05, 0) is 7.11 Å². The first-order valence-electron chi connectivity index (χ1n) is 2.28. The van der Waals surface area contributed by atoms with Gasteiger partial charge in [0.25, 0.3) is 0 Å². The van der Waals surface area contributed by atoms with E-state index < -0.39 is 18.3 Å². The zero-order chi connectivity index (χ0) is 7.28. The van der Waals surface area contributed by atoms with Crippen LogP contribution in [0.5, 0.6) is 0 Å². The fourth-order valence-corrected chi connectivity index (χ4v) is 0.250. The third-order valence-corrected chi connectivity index (χ3v) is 0.637. The number of carboxylic acids is 1. The predicted molar refractivity (Wildman–Crippen MR) is 24.7 cm³/mol. The van der Waals surface area contributed by atoms with Gasteiger partial charge in [-0.15, -0.1) is 0 Å². The highest BCUT2D eigenvalue weighted by Crippen LogP contribution is 1.85. The number of hydrogen-bond acceptors (Lipinski definition) is 4. The maximum absolute atomic E-state index is 10.1. The van der Waals surface area contributed by atoms with E-state index in [0.29, 0.717) is 0 Å². The van der Waals surface area contributed by atoms with E-state index in [-0.39, 0.29) is 0 Å². The molecule has 0 unspecified atom stereocenters. The van der Waals surface area contributed by atoms with Crippen LogP contribution in [-0.4, -0.2) is 13.1 Å². The number of carbonyl (C=O) groups is 1. The Labute approximate surface area is 52.4 Å². The van der Waals surface area contributed by atoms with Crippen LogP contribution in [0.1, 0.15) is 6.42 Å². The number of carboxylic acid groups (broad SMARTS) is 1. The number of aliphatic carboxylic acids is 1.